The molecule has 1 aromatic heterocycles. The van der Waals surface area contributed by atoms with E-state index in [4.69, 9.17) is 5.73 Å². The summed E-state index contributed by atoms with van der Waals surface area (Å²) in [5.74, 6) is -0.303. The molecule has 2 rings (SSSR count). The largest absolute Gasteiger partial charge is 0.330 e. The highest BCUT2D eigenvalue weighted by Gasteiger charge is 2.17. The van der Waals surface area contributed by atoms with Gasteiger partial charge in [-0.05, 0) is 37.6 Å². The lowest BCUT2D eigenvalue weighted by Gasteiger charge is -2.28. The average Bonchev–Trinajstić information content (AvgIpc) is 2.52. The van der Waals surface area contributed by atoms with Gasteiger partial charge in [0, 0.05) is 19.1 Å². The van der Waals surface area contributed by atoms with Crippen LogP contribution in [0.5, 0.6) is 0 Å². The van der Waals surface area contributed by atoms with Gasteiger partial charge < -0.3 is 5.73 Å². The van der Waals surface area contributed by atoms with Crippen molar-refractivity contribution < 1.29 is 4.39 Å². The minimum atomic E-state index is -0.303. The van der Waals surface area contributed by atoms with Gasteiger partial charge in [-0.2, -0.15) is 0 Å². The molecule has 1 unspecified atom stereocenters. The molecule has 2 aromatic rings. The zero-order chi connectivity index (χ0) is 15.1. The second-order valence-electron chi connectivity index (χ2n) is 5.18. The molecule has 2 N–H and O–H groups in total. The lowest BCUT2D eigenvalue weighted by molar-refractivity contribution is 0.196. The van der Waals surface area contributed by atoms with Gasteiger partial charge in [0.25, 0.3) is 0 Å². The minimum absolute atomic E-state index is 0.123. The van der Waals surface area contributed by atoms with E-state index in [2.05, 4.69) is 28.9 Å². The molecule has 1 aromatic carbocycles. The van der Waals surface area contributed by atoms with Crippen LogP contribution in [-0.4, -0.2) is 23.0 Å². The molecule has 4 heteroatoms. The molecular weight excluding hydrogens is 265 g/mol. The van der Waals surface area contributed by atoms with Crippen LogP contribution in [0, 0.1) is 5.82 Å². The Labute approximate surface area is 125 Å². The predicted octanol–water partition coefficient (Wildman–Crippen LogP) is 3.13. The first-order chi connectivity index (χ1) is 10.2. The normalized spacial score (nSPS) is 12.6. The van der Waals surface area contributed by atoms with Gasteiger partial charge in [0.15, 0.2) is 0 Å². The molecule has 0 aliphatic carbocycles. The lowest BCUT2D eigenvalue weighted by atomic mass is 10.1. The third-order valence-electron chi connectivity index (χ3n) is 3.60. The molecule has 0 aliphatic heterocycles. The number of nitrogens with zero attached hydrogens (tertiary/aromatic N) is 2. The van der Waals surface area contributed by atoms with E-state index < -0.39 is 0 Å². The number of aromatic nitrogens is 1. The van der Waals surface area contributed by atoms with Gasteiger partial charge in [-0.3, -0.25) is 9.88 Å². The predicted molar refractivity (Wildman–Crippen MR) is 83.1 cm³/mol. The maximum absolute atomic E-state index is 13.0. The smallest absolute Gasteiger partial charge is 0.141 e. The molecule has 0 radical (unpaired) electrons. The molecule has 0 saturated carbocycles. The van der Waals surface area contributed by atoms with Crippen molar-refractivity contribution in [2.24, 2.45) is 5.73 Å². The summed E-state index contributed by atoms with van der Waals surface area (Å²) in [7, 11) is 0. The average molecular weight is 287 g/mol. The van der Waals surface area contributed by atoms with Crippen LogP contribution in [0.25, 0.3) is 0 Å². The van der Waals surface area contributed by atoms with E-state index in [1.165, 1.54) is 17.8 Å². The third kappa shape index (κ3) is 4.62. The summed E-state index contributed by atoms with van der Waals surface area (Å²) in [5.41, 5.74) is 7.77. The highest BCUT2D eigenvalue weighted by Crippen LogP contribution is 2.21. The molecule has 0 amide bonds. The Morgan fingerprint density at radius 1 is 1.19 bits per heavy atom. The third-order valence-corrected chi connectivity index (χ3v) is 3.60. The van der Waals surface area contributed by atoms with Crippen molar-refractivity contribution in [1.29, 1.82) is 0 Å². The van der Waals surface area contributed by atoms with Gasteiger partial charge in [0.2, 0.25) is 0 Å². The van der Waals surface area contributed by atoms with E-state index in [0.29, 0.717) is 6.54 Å². The van der Waals surface area contributed by atoms with Crippen LogP contribution in [-0.2, 0) is 6.54 Å². The number of rotatable bonds is 7. The van der Waals surface area contributed by atoms with Gasteiger partial charge in [-0.1, -0.05) is 30.3 Å². The van der Waals surface area contributed by atoms with E-state index >= 15 is 0 Å². The zero-order valence-electron chi connectivity index (χ0n) is 12.4. The Morgan fingerprint density at radius 3 is 2.57 bits per heavy atom. The summed E-state index contributed by atoms with van der Waals surface area (Å²) >= 11 is 0. The van der Waals surface area contributed by atoms with Crippen molar-refractivity contribution in [2.45, 2.75) is 25.9 Å². The van der Waals surface area contributed by atoms with Crippen LogP contribution < -0.4 is 5.73 Å². The van der Waals surface area contributed by atoms with Crippen LogP contribution in [0.4, 0.5) is 4.39 Å². The van der Waals surface area contributed by atoms with Crippen molar-refractivity contribution in [1.82, 2.24) is 9.88 Å². The lowest BCUT2D eigenvalue weighted by Crippen LogP contribution is -2.29. The topological polar surface area (TPSA) is 42.2 Å². The summed E-state index contributed by atoms with van der Waals surface area (Å²) in [6, 6.07) is 13.6. The summed E-state index contributed by atoms with van der Waals surface area (Å²) in [4.78, 5) is 6.52. The molecule has 0 spiro atoms. The van der Waals surface area contributed by atoms with Gasteiger partial charge in [0.1, 0.15) is 5.82 Å². The van der Waals surface area contributed by atoms with Crippen molar-refractivity contribution >= 4 is 0 Å². The number of benzene rings is 1. The fraction of sp³-hybridized carbons (Fsp3) is 0.353. The SMILES string of the molecule is CC(c1ccc(F)cn1)N(CCCN)Cc1ccccc1. The molecule has 1 atom stereocenters. The van der Waals surface area contributed by atoms with Gasteiger partial charge in [0.05, 0.1) is 11.9 Å². The second-order valence-corrected chi connectivity index (χ2v) is 5.18. The summed E-state index contributed by atoms with van der Waals surface area (Å²) in [6.07, 6.45) is 2.20. The summed E-state index contributed by atoms with van der Waals surface area (Å²) in [5, 5.41) is 0. The quantitative estimate of drug-likeness (QED) is 0.850. The molecule has 112 valence electrons. The van der Waals surface area contributed by atoms with Crippen LogP contribution in [0.15, 0.2) is 48.7 Å². The zero-order valence-corrected chi connectivity index (χ0v) is 12.4. The van der Waals surface area contributed by atoms with E-state index in [1.807, 2.05) is 18.2 Å². The van der Waals surface area contributed by atoms with Crippen LogP contribution in [0.2, 0.25) is 0 Å². The fourth-order valence-electron chi connectivity index (χ4n) is 2.34. The Morgan fingerprint density at radius 2 is 1.95 bits per heavy atom. The number of pyridine rings is 1. The number of nitrogens with two attached hydrogens (primary N) is 1. The molecule has 0 bridgehead atoms. The van der Waals surface area contributed by atoms with Gasteiger partial charge >= 0.3 is 0 Å². The minimum Gasteiger partial charge on any atom is -0.330 e. The first-order valence-electron chi connectivity index (χ1n) is 7.30. The maximum Gasteiger partial charge on any atom is 0.141 e. The fourth-order valence-corrected chi connectivity index (χ4v) is 2.34. The Hall–Kier alpha value is -1.78. The van der Waals surface area contributed by atoms with Crippen molar-refractivity contribution in [3.05, 3.63) is 65.7 Å². The molecule has 3 nitrogen and oxygen atoms in total. The number of hydrogen-bond acceptors (Lipinski definition) is 3. The van der Waals surface area contributed by atoms with Crippen LogP contribution in [0.1, 0.15) is 30.6 Å². The standard InChI is InChI=1S/C17H22FN3/c1-14(17-9-8-16(18)12-20-17)21(11-5-10-19)13-15-6-3-2-4-7-15/h2-4,6-9,12,14H,5,10-11,13,19H2,1H3. The van der Waals surface area contributed by atoms with Crippen LogP contribution in [0.3, 0.4) is 0 Å². The highest BCUT2D eigenvalue weighted by molar-refractivity contribution is 5.16. The molecule has 0 saturated heterocycles. The number of hydrogen-bond donors (Lipinski definition) is 1. The second kappa shape index (κ2) is 7.86. The molecular formula is C17H22FN3. The van der Waals surface area contributed by atoms with E-state index in [0.717, 1.165) is 25.2 Å². The first-order valence-corrected chi connectivity index (χ1v) is 7.30. The monoisotopic (exact) mass is 287 g/mol. The first kappa shape index (κ1) is 15.6. The number of halogens is 1. The Kier molecular flexibility index (Phi) is 5.84. The van der Waals surface area contributed by atoms with Gasteiger partial charge in [-0.25, -0.2) is 4.39 Å². The van der Waals surface area contributed by atoms with Gasteiger partial charge in [-0.15, -0.1) is 0 Å². The van der Waals surface area contributed by atoms with Crippen molar-refractivity contribution in [3.63, 3.8) is 0 Å². The van der Waals surface area contributed by atoms with E-state index in [1.54, 1.807) is 6.07 Å². The molecule has 0 aliphatic rings. The molecule has 21 heavy (non-hydrogen) atoms. The van der Waals surface area contributed by atoms with Crippen LogP contribution >= 0.6 is 0 Å². The van der Waals surface area contributed by atoms with E-state index in [-0.39, 0.29) is 11.9 Å². The molecule has 1 heterocycles. The Balaban J connectivity index is 2.12. The van der Waals surface area contributed by atoms with Crippen molar-refractivity contribution in [2.75, 3.05) is 13.1 Å². The summed E-state index contributed by atoms with van der Waals surface area (Å²) < 4.78 is 13.0. The Bertz CT molecular complexity index is 527. The van der Waals surface area contributed by atoms with E-state index in [9.17, 15) is 4.39 Å². The summed E-state index contributed by atoms with van der Waals surface area (Å²) in [6.45, 7) is 4.49. The highest BCUT2D eigenvalue weighted by atomic mass is 19.1. The van der Waals surface area contributed by atoms with Crippen molar-refractivity contribution in [3.8, 4) is 0 Å². The molecule has 0 fully saturated rings. The maximum atomic E-state index is 13.0.